The highest BCUT2D eigenvalue weighted by Crippen LogP contribution is 2.51. The number of rotatable bonds is 3. The first kappa shape index (κ1) is 10.8. The summed E-state index contributed by atoms with van der Waals surface area (Å²) in [7, 11) is 0. The molecule has 0 amide bonds. The molecule has 1 heteroatoms. The van der Waals surface area contributed by atoms with Gasteiger partial charge in [-0.3, -0.25) is 4.79 Å². The number of fused-ring (bicyclic) bond motifs is 2. The van der Waals surface area contributed by atoms with Crippen molar-refractivity contribution < 1.29 is 4.79 Å². The van der Waals surface area contributed by atoms with Crippen molar-refractivity contribution in [2.45, 2.75) is 64.7 Å². The summed E-state index contributed by atoms with van der Waals surface area (Å²) in [5.74, 6) is 3.27. The second kappa shape index (κ2) is 3.85. The quantitative estimate of drug-likeness (QED) is 0.703. The molecule has 0 N–H and O–H groups in total. The van der Waals surface area contributed by atoms with E-state index < -0.39 is 0 Å². The third-order valence-corrected chi connectivity index (χ3v) is 5.71. The second-order valence-electron chi connectivity index (χ2n) is 6.83. The van der Waals surface area contributed by atoms with Crippen LogP contribution in [0.1, 0.15) is 64.7 Å². The Kier molecular flexibility index (Phi) is 2.60. The summed E-state index contributed by atoms with van der Waals surface area (Å²) < 4.78 is 0. The van der Waals surface area contributed by atoms with E-state index in [0.717, 1.165) is 37.0 Å². The highest BCUT2D eigenvalue weighted by molar-refractivity contribution is 5.85. The van der Waals surface area contributed by atoms with Crippen LogP contribution in [-0.4, -0.2) is 5.78 Å². The van der Waals surface area contributed by atoms with Crippen molar-refractivity contribution in [3.05, 3.63) is 0 Å². The van der Waals surface area contributed by atoms with Gasteiger partial charge in [0.15, 0.2) is 0 Å². The molecule has 2 bridgehead atoms. The molecule has 3 saturated carbocycles. The third kappa shape index (κ3) is 1.72. The molecule has 3 rings (SSSR count). The second-order valence-corrected chi connectivity index (χ2v) is 6.83. The Morgan fingerprint density at radius 3 is 2.50 bits per heavy atom. The van der Waals surface area contributed by atoms with Gasteiger partial charge in [0.1, 0.15) is 5.78 Å². The molecule has 0 saturated heterocycles. The zero-order chi connectivity index (χ0) is 11.2. The van der Waals surface area contributed by atoms with E-state index in [0.29, 0.717) is 5.78 Å². The molecule has 0 aromatic carbocycles. The number of Topliss-reactive ketones (excluding diaryl/α,β-unsaturated/α-hetero) is 1. The van der Waals surface area contributed by atoms with E-state index in [1.165, 1.54) is 38.5 Å². The van der Waals surface area contributed by atoms with Crippen molar-refractivity contribution in [3.63, 3.8) is 0 Å². The minimum atomic E-state index is 0.0713. The van der Waals surface area contributed by atoms with E-state index >= 15 is 0 Å². The van der Waals surface area contributed by atoms with E-state index in [9.17, 15) is 4.79 Å². The summed E-state index contributed by atoms with van der Waals surface area (Å²) in [6.45, 7) is 2.22. The Hall–Kier alpha value is -0.330. The third-order valence-electron chi connectivity index (χ3n) is 5.71. The number of hydrogen-bond donors (Lipinski definition) is 0. The Balaban J connectivity index is 1.60. The first-order valence-corrected chi connectivity index (χ1v) is 7.21. The van der Waals surface area contributed by atoms with Gasteiger partial charge in [-0.15, -0.1) is 0 Å². The van der Waals surface area contributed by atoms with Crippen molar-refractivity contribution in [3.8, 4) is 0 Å². The van der Waals surface area contributed by atoms with Crippen LogP contribution in [0.4, 0.5) is 0 Å². The fourth-order valence-electron chi connectivity index (χ4n) is 4.55. The molecule has 3 atom stereocenters. The summed E-state index contributed by atoms with van der Waals surface area (Å²) in [4.78, 5) is 12.4. The van der Waals surface area contributed by atoms with Gasteiger partial charge in [-0.05, 0) is 49.9 Å². The average Bonchev–Trinajstić information content (AvgIpc) is 2.93. The van der Waals surface area contributed by atoms with Gasteiger partial charge >= 0.3 is 0 Å². The average molecular weight is 220 g/mol. The van der Waals surface area contributed by atoms with Crippen LogP contribution in [0, 0.1) is 23.2 Å². The van der Waals surface area contributed by atoms with Gasteiger partial charge < -0.3 is 0 Å². The first-order chi connectivity index (χ1) is 7.67. The maximum Gasteiger partial charge on any atom is 0.139 e. The molecule has 90 valence electrons. The normalized spacial score (nSPS) is 40.4. The highest BCUT2D eigenvalue weighted by Gasteiger charge is 2.43. The van der Waals surface area contributed by atoms with Crippen molar-refractivity contribution in [1.29, 1.82) is 0 Å². The van der Waals surface area contributed by atoms with Crippen LogP contribution >= 0.6 is 0 Å². The fourth-order valence-corrected chi connectivity index (χ4v) is 4.55. The molecular weight excluding hydrogens is 196 g/mol. The first-order valence-electron chi connectivity index (χ1n) is 7.21. The van der Waals surface area contributed by atoms with E-state index in [-0.39, 0.29) is 5.41 Å². The largest absolute Gasteiger partial charge is 0.299 e. The summed E-state index contributed by atoms with van der Waals surface area (Å²) in [5, 5.41) is 0. The summed E-state index contributed by atoms with van der Waals surface area (Å²) >= 11 is 0. The molecule has 0 heterocycles. The van der Waals surface area contributed by atoms with E-state index in [2.05, 4.69) is 6.92 Å². The number of hydrogen-bond acceptors (Lipinski definition) is 1. The topological polar surface area (TPSA) is 17.1 Å². The fraction of sp³-hybridized carbons (Fsp3) is 0.933. The van der Waals surface area contributed by atoms with Gasteiger partial charge in [0, 0.05) is 11.8 Å². The minimum Gasteiger partial charge on any atom is -0.299 e. The standard InChI is InChI=1S/C15H24O/c1-15(6-2-3-7-15)14(16)10-13-9-11-4-5-12(13)8-11/h11-13H,2-10H2,1H3. The van der Waals surface area contributed by atoms with Gasteiger partial charge in [-0.25, -0.2) is 0 Å². The Morgan fingerprint density at radius 1 is 1.19 bits per heavy atom. The zero-order valence-corrected chi connectivity index (χ0v) is 10.5. The molecule has 1 nitrogen and oxygen atoms in total. The molecular formula is C15H24O. The molecule has 3 aliphatic carbocycles. The SMILES string of the molecule is CC1(C(=O)CC2CC3CCC2C3)CCCC1. The predicted molar refractivity (Wildman–Crippen MR) is 65.1 cm³/mol. The molecule has 3 aliphatic rings. The van der Waals surface area contributed by atoms with Crippen LogP contribution in [0.5, 0.6) is 0 Å². The molecule has 0 radical (unpaired) electrons. The molecule has 0 aromatic rings. The summed E-state index contributed by atoms with van der Waals surface area (Å²) in [5.41, 5.74) is 0.0713. The molecule has 0 aliphatic heterocycles. The van der Waals surface area contributed by atoms with Crippen molar-refractivity contribution >= 4 is 5.78 Å². The van der Waals surface area contributed by atoms with Crippen LogP contribution in [0.25, 0.3) is 0 Å². The smallest absolute Gasteiger partial charge is 0.139 e. The Bertz CT molecular complexity index is 288. The van der Waals surface area contributed by atoms with Gasteiger partial charge in [0.05, 0.1) is 0 Å². The van der Waals surface area contributed by atoms with Crippen LogP contribution in [-0.2, 0) is 4.79 Å². The summed E-state index contributed by atoms with van der Waals surface area (Å²) in [6, 6.07) is 0. The lowest BCUT2D eigenvalue weighted by Gasteiger charge is -2.27. The number of ketones is 1. The van der Waals surface area contributed by atoms with E-state index in [1.807, 2.05) is 0 Å². The number of carbonyl (C=O) groups excluding carboxylic acids is 1. The lowest BCUT2D eigenvalue weighted by Crippen LogP contribution is -2.27. The lowest BCUT2D eigenvalue weighted by molar-refractivity contribution is -0.129. The highest BCUT2D eigenvalue weighted by atomic mass is 16.1. The van der Waals surface area contributed by atoms with Gasteiger partial charge in [-0.1, -0.05) is 26.2 Å². The predicted octanol–water partition coefficient (Wildman–Crippen LogP) is 3.96. The van der Waals surface area contributed by atoms with Crippen molar-refractivity contribution in [2.75, 3.05) is 0 Å². The number of carbonyl (C=O) groups is 1. The minimum absolute atomic E-state index is 0.0713. The van der Waals surface area contributed by atoms with Crippen molar-refractivity contribution in [1.82, 2.24) is 0 Å². The van der Waals surface area contributed by atoms with Crippen LogP contribution in [0.15, 0.2) is 0 Å². The van der Waals surface area contributed by atoms with E-state index in [4.69, 9.17) is 0 Å². The van der Waals surface area contributed by atoms with Gasteiger partial charge in [-0.2, -0.15) is 0 Å². The summed E-state index contributed by atoms with van der Waals surface area (Å²) in [6.07, 6.45) is 11.5. The van der Waals surface area contributed by atoms with Crippen molar-refractivity contribution in [2.24, 2.45) is 23.2 Å². The van der Waals surface area contributed by atoms with E-state index in [1.54, 1.807) is 0 Å². The Labute approximate surface area is 99.0 Å². The Morgan fingerprint density at radius 2 is 1.94 bits per heavy atom. The molecule has 0 spiro atoms. The lowest BCUT2D eigenvalue weighted by atomic mass is 9.76. The zero-order valence-electron chi connectivity index (χ0n) is 10.5. The van der Waals surface area contributed by atoms with Crippen LogP contribution in [0.3, 0.4) is 0 Å². The molecule has 0 aromatic heterocycles. The maximum atomic E-state index is 12.4. The molecule has 3 unspecified atom stereocenters. The monoisotopic (exact) mass is 220 g/mol. The van der Waals surface area contributed by atoms with Crippen LogP contribution in [0.2, 0.25) is 0 Å². The van der Waals surface area contributed by atoms with Gasteiger partial charge in [0.25, 0.3) is 0 Å². The molecule has 3 fully saturated rings. The maximum absolute atomic E-state index is 12.4. The van der Waals surface area contributed by atoms with Crippen LogP contribution < -0.4 is 0 Å². The molecule has 16 heavy (non-hydrogen) atoms. The van der Waals surface area contributed by atoms with Gasteiger partial charge in [0.2, 0.25) is 0 Å².